The molecule has 2 heterocycles. The van der Waals surface area contributed by atoms with E-state index in [1.165, 1.54) is 25.7 Å². The first-order valence-corrected chi connectivity index (χ1v) is 7.43. The lowest BCUT2D eigenvalue weighted by atomic mass is 9.98. The van der Waals surface area contributed by atoms with Crippen LogP contribution in [0.15, 0.2) is 18.2 Å². The zero-order valence-electron chi connectivity index (χ0n) is 11.3. The number of fused-ring (bicyclic) bond motifs is 2. The smallest absolute Gasteiger partial charge is 0.120 e. The van der Waals surface area contributed by atoms with E-state index in [9.17, 15) is 5.11 Å². The minimum Gasteiger partial charge on any atom is -0.508 e. The van der Waals surface area contributed by atoms with Gasteiger partial charge in [0.25, 0.3) is 0 Å². The number of phenolic OH excluding ortho intramolecular Hbond substituents is 1. The number of piperidine rings is 1. The molecule has 2 bridgehead atoms. The predicted molar refractivity (Wildman–Crippen MR) is 77.6 cm³/mol. The molecule has 2 atom stereocenters. The van der Waals surface area contributed by atoms with Gasteiger partial charge in [-0.05, 0) is 50.9 Å². The Morgan fingerprint density at radius 2 is 2.00 bits per heavy atom. The Morgan fingerprint density at radius 3 is 2.68 bits per heavy atom. The van der Waals surface area contributed by atoms with Gasteiger partial charge in [-0.15, -0.1) is 0 Å². The van der Waals surface area contributed by atoms with Crippen LogP contribution in [-0.4, -0.2) is 35.2 Å². The second kappa shape index (κ2) is 5.31. The van der Waals surface area contributed by atoms with E-state index in [0.717, 1.165) is 12.1 Å². The van der Waals surface area contributed by atoms with E-state index in [1.54, 1.807) is 12.1 Å². The lowest BCUT2D eigenvalue weighted by Gasteiger charge is -2.35. The van der Waals surface area contributed by atoms with E-state index in [1.807, 2.05) is 6.07 Å². The first-order chi connectivity index (χ1) is 9.11. The van der Waals surface area contributed by atoms with Gasteiger partial charge in [0.1, 0.15) is 5.75 Å². The summed E-state index contributed by atoms with van der Waals surface area (Å²) in [4.78, 5) is 2.36. The number of hydrogen-bond donors (Lipinski definition) is 2. The van der Waals surface area contributed by atoms with Gasteiger partial charge < -0.3 is 10.4 Å². The van der Waals surface area contributed by atoms with Crippen molar-refractivity contribution in [3.8, 4) is 5.75 Å². The van der Waals surface area contributed by atoms with Gasteiger partial charge in [0.2, 0.25) is 0 Å². The topological polar surface area (TPSA) is 35.5 Å². The highest BCUT2D eigenvalue weighted by Gasteiger charge is 2.35. The van der Waals surface area contributed by atoms with Crippen LogP contribution in [-0.2, 0) is 6.54 Å². The lowest BCUT2D eigenvalue weighted by molar-refractivity contribution is 0.164. The molecule has 2 unspecified atom stereocenters. The fourth-order valence-corrected chi connectivity index (χ4v) is 3.66. The van der Waals surface area contributed by atoms with Crippen LogP contribution in [0.1, 0.15) is 31.2 Å². The van der Waals surface area contributed by atoms with Crippen molar-refractivity contribution in [2.45, 2.75) is 50.4 Å². The van der Waals surface area contributed by atoms with Crippen LogP contribution in [0.5, 0.6) is 5.75 Å². The summed E-state index contributed by atoms with van der Waals surface area (Å²) < 4.78 is 0. The van der Waals surface area contributed by atoms with Gasteiger partial charge >= 0.3 is 0 Å². The van der Waals surface area contributed by atoms with E-state index in [-0.39, 0.29) is 0 Å². The van der Waals surface area contributed by atoms with Crippen LogP contribution in [0.4, 0.5) is 0 Å². The number of rotatable bonds is 3. The van der Waals surface area contributed by atoms with Crippen molar-refractivity contribution in [1.29, 1.82) is 0 Å². The van der Waals surface area contributed by atoms with Crippen LogP contribution >= 0.6 is 11.6 Å². The highest BCUT2D eigenvalue weighted by atomic mass is 35.5. The minimum absolute atomic E-state index is 0.341. The summed E-state index contributed by atoms with van der Waals surface area (Å²) in [6.07, 6.45) is 5.07. The van der Waals surface area contributed by atoms with E-state index in [4.69, 9.17) is 11.6 Å². The molecule has 1 aromatic carbocycles. The number of aromatic hydroxyl groups is 1. The highest BCUT2D eigenvalue weighted by Crippen LogP contribution is 2.31. The number of nitrogens with one attached hydrogen (secondary N) is 1. The normalized spacial score (nSPS) is 29.9. The maximum atomic E-state index is 9.90. The summed E-state index contributed by atoms with van der Waals surface area (Å²) in [7, 11) is 2.15. The largest absolute Gasteiger partial charge is 0.508 e. The molecule has 0 saturated carbocycles. The molecule has 3 rings (SSSR count). The molecule has 2 aliphatic heterocycles. The Bertz CT molecular complexity index is 453. The first kappa shape index (κ1) is 13.2. The van der Waals surface area contributed by atoms with Crippen molar-refractivity contribution in [3.63, 3.8) is 0 Å². The number of halogens is 1. The Kier molecular flexibility index (Phi) is 3.70. The summed E-state index contributed by atoms with van der Waals surface area (Å²) in [6, 6.07) is 7.27. The summed E-state index contributed by atoms with van der Waals surface area (Å²) in [5, 5.41) is 14.2. The Balaban J connectivity index is 1.67. The Hall–Kier alpha value is -0.770. The molecular formula is C15H21ClN2O. The molecule has 1 aromatic rings. The molecule has 3 nitrogen and oxygen atoms in total. The van der Waals surface area contributed by atoms with Crippen molar-refractivity contribution in [1.82, 2.24) is 10.2 Å². The molecule has 4 heteroatoms. The van der Waals surface area contributed by atoms with Gasteiger partial charge in [-0.25, -0.2) is 0 Å². The third kappa shape index (κ3) is 2.88. The second-order valence-electron chi connectivity index (χ2n) is 5.95. The average Bonchev–Trinajstić information content (AvgIpc) is 2.72. The number of hydrogen-bond acceptors (Lipinski definition) is 3. The maximum Gasteiger partial charge on any atom is 0.120 e. The average molecular weight is 281 g/mol. The summed E-state index contributed by atoms with van der Waals surface area (Å²) in [5.41, 5.74) is 0.917. The molecule has 0 aliphatic carbocycles. The molecule has 2 fully saturated rings. The third-order valence-electron chi connectivity index (χ3n) is 4.53. The molecule has 0 amide bonds. The zero-order valence-corrected chi connectivity index (χ0v) is 12.0. The third-order valence-corrected chi connectivity index (χ3v) is 4.77. The number of phenols is 1. The van der Waals surface area contributed by atoms with Gasteiger partial charge in [0.05, 0.1) is 0 Å². The molecule has 2 saturated heterocycles. The van der Waals surface area contributed by atoms with Crippen molar-refractivity contribution < 1.29 is 5.11 Å². The van der Waals surface area contributed by atoms with E-state index in [2.05, 4.69) is 17.3 Å². The van der Waals surface area contributed by atoms with Crippen LogP contribution < -0.4 is 5.32 Å². The lowest BCUT2D eigenvalue weighted by Crippen LogP contribution is -2.46. The van der Waals surface area contributed by atoms with Gasteiger partial charge in [0.15, 0.2) is 0 Å². The van der Waals surface area contributed by atoms with Crippen molar-refractivity contribution >= 4 is 11.6 Å². The van der Waals surface area contributed by atoms with Crippen LogP contribution in [0, 0.1) is 0 Å². The van der Waals surface area contributed by atoms with E-state index < -0.39 is 0 Å². The highest BCUT2D eigenvalue weighted by molar-refractivity contribution is 6.30. The molecule has 0 aromatic heterocycles. The van der Waals surface area contributed by atoms with Gasteiger partial charge in [0, 0.05) is 35.3 Å². The van der Waals surface area contributed by atoms with Crippen LogP contribution in [0.2, 0.25) is 5.02 Å². The van der Waals surface area contributed by atoms with Crippen molar-refractivity contribution in [2.75, 3.05) is 7.05 Å². The van der Waals surface area contributed by atoms with Gasteiger partial charge in [-0.2, -0.15) is 0 Å². The molecular weight excluding hydrogens is 260 g/mol. The van der Waals surface area contributed by atoms with Crippen molar-refractivity contribution in [2.24, 2.45) is 0 Å². The summed E-state index contributed by atoms with van der Waals surface area (Å²) in [6.45, 7) is 0.760. The molecule has 2 aliphatic rings. The molecule has 104 valence electrons. The molecule has 0 radical (unpaired) electrons. The van der Waals surface area contributed by atoms with Gasteiger partial charge in [-0.3, -0.25) is 4.90 Å². The fraction of sp³-hybridized carbons (Fsp3) is 0.600. The zero-order chi connectivity index (χ0) is 13.4. The van der Waals surface area contributed by atoms with E-state index >= 15 is 0 Å². The molecule has 2 N–H and O–H groups in total. The predicted octanol–water partition coefficient (Wildman–Crippen LogP) is 2.76. The maximum absolute atomic E-state index is 9.90. The van der Waals surface area contributed by atoms with Crippen molar-refractivity contribution in [3.05, 3.63) is 28.8 Å². The minimum atomic E-state index is 0.341. The standard InChI is InChI=1S/C15H21ClN2O/c1-18(9-10-6-11(16)2-5-15(10)19)14-7-12-3-4-13(8-14)17-12/h2,5-6,12-14,17,19H,3-4,7-9H2,1H3. The monoisotopic (exact) mass is 280 g/mol. The molecule has 0 spiro atoms. The first-order valence-electron chi connectivity index (χ1n) is 7.05. The second-order valence-corrected chi connectivity index (χ2v) is 6.39. The quantitative estimate of drug-likeness (QED) is 0.894. The molecule has 19 heavy (non-hydrogen) atoms. The number of nitrogens with zero attached hydrogens (tertiary/aromatic N) is 1. The Morgan fingerprint density at radius 1 is 1.32 bits per heavy atom. The summed E-state index contributed by atoms with van der Waals surface area (Å²) >= 11 is 6.00. The summed E-state index contributed by atoms with van der Waals surface area (Å²) in [5.74, 6) is 0.341. The fourth-order valence-electron chi connectivity index (χ4n) is 3.47. The van der Waals surface area contributed by atoms with Crippen LogP contribution in [0.25, 0.3) is 0 Å². The Labute approximate surface area is 119 Å². The van der Waals surface area contributed by atoms with Crippen LogP contribution in [0.3, 0.4) is 0 Å². The van der Waals surface area contributed by atoms with E-state index in [0.29, 0.717) is 28.9 Å². The SMILES string of the molecule is CN(Cc1cc(Cl)ccc1O)C1CC2CCC(C1)N2. The van der Waals surface area contributed by atoms with Gasteiger partial charge in [-0.1, -0.05) is 11.6 Å². The number of benzene rings is 1.